The standard InChI is InChI=1S/C18H23N3O3S/c1-3-23-13-6-4-12(5-7-13)16-11(2)25-18(20-16)21-17(22)15-9-8-14(10-19)24-15/h4-7,14-15H,3,8-10,19H2,1-2H3,(H,20,21,22)/t14-,15+/m1/s1. The molecule has 1 aromatic heterocycles. The molecular formula is C18H23N3O3S. The van der Waals surface area contributed by atoms with E-state index in [0.29, 0.717) is 24.7 Å². The fourth-order valence-corrected chi connectivity index (χ4v) is 3.69. The van der Waals surface area contributed by atoms with Gasteiger partial charge in [-0.3, -0.25) is 10.1 Å². The van der Waals surface area contributed by atoms with Gasteiger partial charge in [0.25, 0.3) is 5.91 Å². The third-order valence-electron chi connectivity index (χ3n) is 4.13. The van der Waals surface area contributed by atoms with Crippen LogP contribution in [-0.4, -0.2) is 36.3 Å². The van der Waals surface area contributed by atoms with Gasteiger partial charge in [-0.25, -0.2) is 4.98 Å². The molecule has 1 amide bonds. The first-order valence-electron chi connectivity index (χ1n) is 8.47. The molecule has 0 spiro atoms. The second-order valence-corrected chi connectivity index (χ2v) is 7.13. The monoisotopic (exact) mass is 361 g/mol. The summed E-state index contributed by atoms with van der Waals surface area (Å²) in [6, 6.07) is 7.81. The van der Waals surface area contributed by atoms with E-state index >= 15 is 0 Å². The molecule has 0 aliphatic carbocycles. The number of benzene rings is 1. The van der Waals surface area contributed by atoms with Gasteiger partial charge in [-0.1, -0.05) is 0 Å². The second kappa shape index (κ2) is 7.95. The number of nitrogens with two attached hydrogens (primary N) is 1. The highest BCUT2D eigenvalue weighted by atomic mass is 32.1. The summed E-state index contributed by atoms with van der Waals surface area (Å²) in [5.41, 5.74) is 7.46. The molecule has 6 nitrogen and oxygen atoms in total. The van der Waals surface area contributed by atoms with Gasteiger partial charge in [0.2, 0.25) is 0 Å². The van der Waals surface area contributed by atoms with Crippen LogP contribution in [-0.2, 0) is 9.53 Å². The molecule has 1 fully saturated rings. The quantitative estimate of drug-likeness (QED) is 0.826. The molecular weight excluding hydrogens is 338 g/mol. The Kier molecular flexibility index (Phi) is 5.67. The highest BCUT2D eigenvalue weighted by Gasteiger charge is 2.30. The van der Waals surface area contributed by atoms with Crippen LogP contribution in [0.25, 0.3) is 11.3 Å². The van der Waals surface area contributed by atoms with Crippen LogP contribution in [0.3, 0.4) is 0 Å². The zero-order valence-electron chi connectivity index (χ0n) is 14.5. The molecule has 134 valence electrons. The number of carbonyl (C=O) groups is 1. The van der Waals surface area contributed by atoms with Crippen molar-refractivity contribution in [2.75, 3.05) is 18.5 Å². The molecule has 2 aromatic rings. The summed E-state index contributed by atoms with van der Waals surface area (Å²) in [5, 5.41) is 3.46. The lowest BCUT2D eigenvalue weighted by Gasteiger charge is -2.11. The van der Waals surface area contributed by atoms with E-state index in [-0.39, 0.29) is 12.0 Å². The minimum absolute atomic E-state index is 0.0202. The zero-order valence-corrected chi connectivity index (χ0v) is 15.3. The SMILES string of the molecule is CCOc1ccc(-c2nc(NC(=O)[C@@H]3CC[C@H](CN)O3)sc2C)cc1. The topological polar surface area (TPSA) is 86.5 Å². The molecule has 0 unspecified atom stereocenters. The van der Waals surface area contributed by atoms with Crippen LogP contribution >= 0.6 is 11.3 Å². The van der Waals surface area contributed by atoms with Crippen molar-refractivity contribution in [3.8, 4) is 17.0 Å². The number of aryl methyl sites for hydroxylation is 1. The van der Waals surface area contributed by atoms with Gasteiger partial charge in [0.05, 0.1) is 18.4 Å². The van der Waals surface area contributed by atoms with Crippen LogP contribution < -0.4 is 15.8 Å². The third kappa shape index (κ3) is 4.18. The summed E-state index contributed by atoms with van der Waals surface area (Å²) < 4.78 is 11.1. The van der Waals surface area contributed by atoms with Crippen molar-refractivity contribution in [3.63, 3.8) is 0 Å². The number of aromatic nitrogens is 1. The van der Waals surface area contributed by atoms with E-state index in [1.807, 2.05) is 38.1 Å². The van der Waals surface area contributed by atoms with E-state index < -0.39 is 6.10 Å². The second-order valence-electron chi connectivity index (χ2n) is 5.93. The summed E-state index contributed by atoms with van der Waals surface area (Å²) in [6.07, 6.45) is 1.06. The largest absolute Gasteiger partial charge is 0.494 e. The summed E-state index contributed by atoms with van der Waals surface area (Å²) in [5.74, 6) is 0.684. The predicted molar refractivity (Wildman–Crippen MR) is 99.0 cm³/mol. The molecule has 1 aliphatic rings. The van der Waals surface area contributed by atoms with Crippen molar-refractivity contribution < 1.29 is 14.3 Å². The van der Waals surface area contributed by atoms with E-state index in [1.165, 1.54) is 11.3 Å². The molecule has 0 bridgehead atoms. The maximum absolute atomic E-state index is 12.3. The number of carbonyl (C=O) groups excluding carboxylic acids is 1. The fourth-order valence-electron chi connectivity index (χ4n) is 2.85. The van der Waals surface area contributed by atoms with Gasteiger partial charge in [-0.15, -0.1) is 11.3 Å². The highest BCUT2D eigenvalue weighted by Crippen LogP contribution is 2.32. The van der Waals surface area contributed by atoms with Crippen molar-refractivity contribution in [2.45, 2.75) is 38.9 Å². The van der Waals surface area contributed by atoms with Crippen LogP contribution in [0.2, 0.25) is 0 Å². The molecule has 1 saturated heterocycles. The van der Waals surface area contributed by atoms with Gasteiger partial charge in [0.15, 0.2) is 5.13 Å². The zero-order chi connectivity index (χ0) is 17.8. The van der Waals surface area contributed by atoms with Gasteiger partial charge >= 0.3 is 0 Å². The van der Waals surface area contributed by atoms with Crippen LogP contribution in [0.1, 0.15) is 24.6 Å². The molecule has 25 heavy (non-hydrogen) atoms. The molecule has 1 aromatic carbocycles. The first kappa shape index (κ1) is 17.8. The van der Waals surface area contributed by atoms with Crippen LogP contribution in [0, 0.1) is 6.92 Å². The fraction of sp³-hybridized carbons (Fsp3) is 0.444. The van der Waals surface area contributed by atoms with Gasteiger partial charge in [-0.05, 0) is 51.0 Å². The predicted octanol–water partition coefficient (Wildman–Crippen LogP) is 2.96. The molecule has 3 N–H and O–H groups in total. The van der Waals surface area contributed by atoms with Crippen LogP contribution in [0.15, 0.2) is 24.3 Å². The van der Waals surface area contributed by atoms with Crippen molar-refractivity contribution >= 4 is 22.4 Å². The normalized spacial score (nSPS) is 19.8. The Morgan fingerprint density at radius 1 is 1.40 bits per heavy atom. The number of hydrogen-bond donors (Lipinski definition) is 2. The summed E-state index contributed by atoms with van der Waals surface area (Å²) >= 11 is 1.46. The lowest BCUT2D eigenvalue weighted by molar-refractivity contribution is -0.126. The Labute approximate surface area is 151 Å². The van der Waals surface area contributed by atoms with Crippen molar-refractivity contribution in [2.24, 2.45) is 5.73 Å². The Hall–Kier alpha value is -1.96. The average Bonchev–Trinajstić information content (AvgIpc) is 3.22. The van der Waals surface area contributed by atoms with Gasteiger partial charge in [-0.2, -0.15) is 0 Å². The highest BCUT2D eigenvalue weighted by molar-refractivity contribution is 7.16. The van der Waals surface area contributed by atoms with Gasteiger partial charge < -0.3 is 15.2 Å². The molecule has 1 aliphatic heterocycles. The maximum atomic E-state index is 12.3. The lowest BCUT2D eigenvalue weighted by atomic mass is 10.1. The molecule has 3 rings (SSSR count). The van der Waals surface area contributed by atoms with E-state index in [9.17, 15) is 4.79 Å². The van der Waals surface area contributed by atoms with E-state index in [4.69, 9.17) is 15.2 Å². The minimum Gasteiger partial charge on any atom is -0.494 e. The number of ether oxygens (including phenoxy) is 2. The Balaban J connectivity index is 1.68. The number of thiazole rings is 1. The Morgan fingerprint density at radius 3 is 2.80 bits per heavy atom. The van der Waals surface area contributed by atoms with Crippen molar-refractivity contribution in [1.82, 2.24) is 4.98 Å². The maximum Gasteiger partial charge on any atom is 0.255 e. The lowest BCUT2D eigenvalue weighted by Crippen LogP contribution is -2.29. The van der Waals surface area contributed by atoms with E-state index in [1.54, 1.807) is 0 Å². The van der Waals surface area contributed by atoms with Crippen molar-refractivity contribution in [3.05, 3.63) is 29.1 Å². The first-order chi connectivity index (χ1) is 12.1. The summed E-state index contributed by atoms with van der Waals surface area (Å²) in [7, 11) is 0. The van der Waals surface area contributed by atoms with E-state index in [2.05, 4.69) is 10.3 Å². The number of nitrogens with zero attached hydrogens (tertiary/aromatic N) is 1. The number of amides is 1. The molecule has 0 saturated carbocycles. The average molecular weight is 361 g/mol. The molecule has 2 heterocycles. The Bertz CT molecular complexity index is 730. The third-order valence-corrected chi connectivity index (χ3v) is 5.01. The summed E-state index contributed by atoms with van der Waals surface area (Å²) in [4.78, 5) is 17.9. The molecule has 0 radical (unpaired) electrons. The van der Waals surface area contributed by atoms with Crippen LogP contribution in [0.4, 0.5) is 5.13 Å². The number of anilines is 1. The smallest absolute Gasteiger partial charge is 0.255 e. The van der Waals surface area contributed by atoms with Gasteiger partial charge in [0, 0.05) is 17.0 Å². The summed E-state index contributed by atoms with van der Waals surface area (Å²) in [6.45, 7) is 5.04. The van der Waals surface area contributed by atoms with Gasteiger partial charge in [0.1, 0.15) is 11.9 Å². The first-order valence-corrected chi connectivity index (χ1v) is 9.29. The number of hydrogen-bond acceptors (Lipinski definition) is 6. The minimum atomic E-state index is -0.438. The molecule has 7 heteroatoms. The number of rotatable bonds is 6. The van der Waals surface area contributed by atoms with Crippen molar-refractivity contribution in [1.29, 1.82) is 0 Å². The van der Waals surface area contributed by atoms with Crippen LogP contribution in [0.5, 0.6) is 5.75 Å². The Morgan fingerprint density at radius 2 is 2.16 bits per heavy atom. The van der Waals surface area contributed by atoms with E-state index in [0.717, 1.165) is 28.3 Å². The number of nitrogens with one attached hydrogen (secondary N) is 1. The molecule has 2 atom stereocenters.